The van der Waals surface area contributed by atoms with Crippen molar-refractivity contribution in [3.8, 4) is 0 Å². The van der Waals surface area contributed by atoms with Crippen molar-refractivity contribution in [2.24, 2.45) is 10.9 Å². The maximum Gasteiger partial charge on any atom is 0.365 e. The van der Waals surface area contributed by atoms with Gasteiger partial charge >= 0.3 is 5.97 Å². The highest BCUT2D eigenvalue weighted by molar-refractivity contribution is 6.30. The number of nitrogens with two attached hydrogens (primary N) is 1. The average Bonchev–Trinajstić information content (AvgIpc) is 2.47. The molecule has 0 aliphatic rings. The van der Waals surface area contributed by atoms with Crippen molar-refractivity contribution >= 4 is 23.4 Å². The quantitative estimate of drug-likeness (QED) is 0.408. The van der Waals surface area contributed by atoms with Gasteiger partial charge in [-0.3, -0.25) is 0 Å². The molecule has 0 spiro atoms. The molecule has 108 valence electrons. The van der Waals surface area contributed by atoms with E-state index in [1.807, 2.05) is 25.1 Å². The zero-order chi connectivity index (χ0) is 15.2. The smallest absolute Gasteiger partial charge is 0.365 e. The summed E-state index contributed by atoms with van der Waals surface area (Å²) >= 11 is 5.80. The monoisotopic (exact) mass is 302 g/mol. The van der Waals surface area contributed by atoms with E-state index in [2.05, 4.69) is 5.16 Å². The van der Waals surface area contributed by atoms with Crippen LogP contribution in [0.5, 0.6) is 0 Å². The summed E-state index contributed by atoms with van der Waals surface area (Å²) in [6.45, 7) is 1.90. The number of benzene rings is 2. The molecule has 0 amide bonds. The molecule has 0 atom stereocenters. The summed E-state index contributed by atoms with van der Waals surface area (Å²) in [6.07, 6.45) is 0.387. The zero-order valence-corrected chi connectivity index (χ0v) is 12.3. The van der Waals surface area contributed by atoms with Gasteiger partial charge in [-0.1, -0.05) is 46.6 Å². The van der Waals surface area contributed by atoms with Crippen molar-refractivity contribution < 1.29 is 9.63 Å². The van der Waals surface area contributed by atoms with Crippen molar-refractivity contribution in [3.63, 3.8) is 0 Å². The Kier molecular flexibility index (Phi) is 4.95. The Morgan fingerprint density at radius 1 is 1.24 bits per heavy atom. The van der Waals surface area contributed by atoms with Gasteiger partial charge in [-0.2, -0.15) is 0 Å². The lowest BCUT2D eigenvalue weighted by Gasteiger charge is -2.02. The van der Waals surface area contributed by atoms with E-state index in [1.165, 1.54) is 0 Å². The molecule has 0 radical (unpaired) electrons. The molecule has 0 saturated carbocycles. The number of carbonyl (C=O) groups is 1. The number of amidine groups is 1. The summed E-state index contributed by atoms with van der Waals surface area (Å²) < 4.78 is 0. The molecule has 21 heavy (non-hydrogen) atoms. The van der Waals surface area contributed by atoms with Gasteiger partial charge in [0.25, 0.3) is 0 Å². The normalized spacial score (nSPS) is 11.2. The van der Waals surface area contributed by atoms with E-state index in [1.54, 1.807) is 30.3 Å². The van der Waals surface area contributed by atoms with E-state index in [9.17, 15) is 4.79 Å². The minimum absolute atomic E-state index is 0.221. The molecular formula is C16H15ClN2O2. The predicted octanol–water partition coefficient (Wildman–Crippen LogP) is 3.32. The van der Waals surface area contributed by atoms with Gasteiger partial charge in [0.05, 0.1) is 5.56 Å². The first-order chi connectivity index (χ1) is 10.0. The number of hydrogen-bond acceptors (Lipinski definition) is 3. The third kappa shape index (κ3) is 4.61. The largest absolute Gasteiger partial charge is 0.384 e. The van der Waals surface area contributed by atoms with E-state index < -0.39 is 5.97 Å². The molecule has 0 unspecified atom stereocenters. The number of aryl methyl sites for hydroxylation is 1. The molecule has 0 aromatic heterocycles. The minimum Gasteiger partial charge on any atom is -0.384 e. The summed E-state index contributed by atoms with van der Waals surface area (Å²) in [5.41, 5.74) is 8.09. The second-order valence-corrected chi connectivity index (χ2v) is 5.07. The van der Waals surface area contributed by atoms with Crippen LogP contribution in [-0.2, 0) is 11.3 Å². The van der Waals surface area contributed by atoms with Crippen LogP contribution in [0.2, 0.25) is 5.02 Å². The Labute approximate surface area is 128 Å². The van der Waals surface area contributed by atoms with Gasteiger partial charge in [0, 0.05) is 11.4 Å². The fourth-order valence-corrected chi connectivity index (χ4v) is 1.89. The van der Waals surface area contributed by atoms with Crippen molar-refractivity contribution in [2.45, 2.75) is 13.3 Å². The van der Waals surface area contributed by atoms with Crippen LogP contribution in [0.25, 0.3) is 0 Å². The molecule has 2 aromatic carbocycles. The van der Waals surface area contributed by atoms with Crippen LogP contribution >= 0.6 is 11.6 Å². The van der Waals surface area contributed by atoms with Crippen LogP contribution in [0, 0.1) is 6.92 Å². The van der Waals surface area contributed by atoms with Crippen LogP contribution in [0.3, 0.4) is 0 Å². The molecule has 2 aromatic rings. The van der Waals surface area contributed by atoms with Gasteiger partial charge in [-0.25, -0.2) is 4.79 Å². The molecule has 5 heteroatoms. The average molecular weight is 303 g/mol. The molecule has 0 saturated heterocycles. The lowest BCUT2D eigenvalue weighted by molar-refractivity contribution is 0.0514. The standard InChI is InChI=1S/C16H15ClN2O2/c1-11-3-2-4-13(9-11)16(20)21-19-15(18)10-12-5-7-14(17)8-6-12/h2-9H,10H2,1H3,(H2,18,19). The third-order valence-electron chi connectivity index (χ3n) is 2.80. The Balaban J connectivity index is 1.96. The summed E-state index contributed by atoms with van der Waals surface area (Å²) in [7, 11) is 0. The Bertz CT molecular complexity index is 666. The number of rotatable bonds is 4. The number of halogens is 1. The van der Waals surface area contributed by atoms with Crippen molar-refractivity contribution in [2.75, 3.05) is 0 Å². The maximum atomic E-state index is 11.8. The summed E-state index contributed by atoms with van der Waals surface area (Å²) in [5, 5.41) is 4.31. The summed E-state index contributed by atoms with van der Waals surface area (Å²) in [5.74, 6) is -0.309. The first kappa shape index (κ1) is 15.1. The lowest BCUT2D eigenvalue weighted by atomic mass is 10.1. The Morgan fingerprint density at radius 2 is 1.95 bits per heavy atom. The van der Waals surface area contributed by atoms with Gasteiger partial charge in [-0.15, -0.1) is 0 Å². The highest BCUT2D eigenvalue weighted by atomic mass is 35.5. The summed E-state index contributed by atoms with van der Waals surface area (Å²) in [4.78, 5) is 16.6. The molecule has 0 heterocycles. The second-order valence-electron chi connectivity index (χ2n) is 4.63. The molecule has 0 fully saturated rings. The van der Waals surface area contributed by atoms with Crippen molar-refractivity contribution in [3.05, 3.63) is 70.2 Å². The number of hydrogen-bond donors (Lipinski definition) is 1. The van der Waals surface area contributed by atoms with Gasteiger partial charge in [-0.05, 0) is 36.8 Å². The number of carbonyl (C=O) groups excluding carboxylic acids is 1. The van der Waals surface area contributed by atoms with E-state index in [0.717, 1.165) is 11.1 Å². The fourth-order valence-electron chi connectivity index (χ4n) is 1.77. The third-order valence-corrected chi connectivity index (χ3v) is 3.05. The maximum absolute atomic E-state index is 11.8. The first-order valence-electron chi connectivity index (χ1n) is 6.39. The van der Waals surface area contributed by atoms with Crippen LogP contribution < -0.4 is 5.73 Å². The highest BCUT2D eigenvalue weighted by Crippen LogP contribution is 2.10. The van der Waals surface area contributed by atoms with Crippen LogP contribution in [0.1, 0.15) is 21.5 Å². The lowest BCUT2D eigenvalue weighted by Crippen LogP contribution is -2.16. The molecule has 0 bridgehead atoms. The van der Waals surface area contributed by atoms with E-state index in [0.29, 0.717) is 17.0 Å². The molecule has 2 rings (SSSR count). The molecular weight excluding hydrogens is 288 g/mol. The number of nitrogens with zero attached hydrogens (tertiary/aromatic N) is 1. The minimum atomic E-state index is -0.530. The van der Waals surface area contributed by atoms with Crippen LogP contribution in [0.15, 0.2) is 53.7 Å². The second kappa shape index (κ2) is 6.90. The Morgan fingerprint density at radius 3 is 2.62 bits per heavy atom. The van der Waals surface area contributed by atoms with Gasteiger partial charge in [0.15, 0.2) is 0 Å². The molecule has 0 aliphatic carbocycles. The van der Waals surface area contributed by atoms with E-state index in [-0.39, 0.29) is 5.84 Å². The molecule has 4 nitrogen and oxygen atoms in total. The number of oxime groups is 1. The zero-order valence-electron chi connectivity index (χ0n) is 11.5. The summed E-state index contributed by atoms with van der Waals surface area (Å²) in [6, 6.07) is 14.3. The van der Waals surface area contributed by atoms with Crippen LogP contribution in [0.4, 0.5) is 0 Å². The fraction of sp³-hybridized carbons (Fsp3) is 0.125. The topological polar surface area (TPSA) is 64.7 Å². The van der Waals surface area contributed by atoms with Gasteiger partial charge in [0.2, 0.25) is 0 Å². The van der Waals surface area contributed by atoms with Gasteiger partial charge < -0.3 is 10.6 Å². The van der Waals surface area contributed by atoms with Crippen molar-refractivity contribution in [1.29, 1.82) is 0 Å². The van der Waals surface area contributed by atoms with E-state index in [4.69, 9.17) is 22.2 Å². The van der Waals surface area contributed by atoms with Crippen molar-refractivity contribution in [1.82, 2.24) is 0 Å². The SMILES string of the molecule is Cc1cccc(C(=O)O/N=C(\N)Cc2ccc(Cl)cc2)c1. The molecule has 0 aliphatic heterocycles. The Hall–Kier alpha value is -2.33. The van der Waals surface area contributed by atoms with E-state index >= 15 is 0 Å². The molecule has 2 N–H and O–H groups in total. The highest BCUT2D eigenvalue weighted by Gasteiger charge is 2.07. The van der Waals surface area contributed by atoms with Gasteiger partial charge in [0.1, 0.15) is 5.84 Å². The predicted molar refractivity (Wildman–Crippen MR) is 83.4 cm³/mol. The first-order valence-corrected chi connectivity index (χ1v) is 6.77. The van der Waals surface area contributed by atoms with Crippen LogP contribution in [-0.4, -0.2) is 11.8 Å².